The summed E-state index contributed by atoms with van der Waals surface area (Å²) in [6.07, 6.45) is 2.05. The lowest BCUT2D eigenvalue weighted by Gasteiger charge is -2.00. The zero-order chi connectivity index (χ0) is 12.3. The van der Waals surface area contributed by atoms with Crippen LogP contribution >= 0.6 is 11.8 Å². The summed E-state index contributed by atoms with van der Waals surface area (Å²) < 4.78 is 6.99. The Kier molecular flexibility index (Phi) is 3.74. The molecule has 0 saturated heterocycles. The van der Waals surface area contributed by atoms with Gasteiger partial charge in [-0.25, -0.2) is 0 Å². The van der Waals surface area contributed by atoms with Crippen LogP contribution in [0, 0.1) is 0 Å². The minimum atomic E-state index is -0.162. The molecule has 0 spiro atoms. The number of carbonyl (C=O) groups excluding carboxylic acids is 1. The van der Waals surface area contributed by atoms with Crippen molar-refractivity contribution in [2.45, 2.75) is 11.8 Å². The van der Waals surface area contributed by atoms with E-state index in [1.165, 1.54) is 22.7 Å². The first-order valence-corrected chi connectivity index (χ1v) is 6.53. The molecule has 0 aliphatic carbocycles. The summed E-state index contributed by atoms with van der Waals surface area (Å²) in [4.78, 5) is 12.4. The maximum Gasteiger partial charge on any atom is 0.316 e. The number of nitrogens with zero attached hydrogens (tertiary/aromatic N) is 1. The molecular formula is C13H15NO2S. The SMILES string of the molecule is CCOC(=O)CSc1cn(C)c2ccccc12. The highest BCUT2D eigenvalue weighted by atomic mass is 32.2. The van der Waals surface area contributed by atoms with Crippen molar-refractivity contribution < 1.29 is 9.53 Å². The smallest absolute Gasteiger partial charge is 0.316 e. The largest absolute Gasteiger partial charge is 0.465 e. The molecule has 0 saturated carbocycles. The molecule has 0 aliphatic heterocycles. The van der Waals surface area contributed by atoms with Crippen molar-refractivity contribution >= 4 is 28.6 Å². The summed E-state index contributed by atoms with van der Waals surface area (Å²) in [7, 11) is 2.01. The van der Waals surface area contributed by atoms with Crippen LogP contribution in [-0.4, -0.2) is 22.9 Å². The van der Waals surface area contributed by atoms with Crippen LogP contribution in [0.25, 0.3) is 10.9 Å². The van der Waals surface area contributed by atoms with Gasteiger partial charge >= 0.3 is 5.97 Å². The number of thioether (sulfide) groups is 1. The molecule has 0 amide bonds. The van der Waals surface area contributed by atoms with Crippen LogP contribution in [0.2, 0.25) is 0 Å². The summed E-state index contributed by atoms with van der Waals surface area (Å²) in [5.41, 5.74) is 1.18. The number of hydrogen-bond acceptors (Lipinski definition) is 3. The van der Waals surface area contributed by atoms with Gasteiger partial charge in [0.25, 0.3) is 0 Å². The third kappa shape index (κ3) is 2.64. The van der Waals surface area contributed by atoms with Gasteiger partial charge in [-0.1, -0.05) is 18.2 Å². The number of aromatic nitrogens is 1. The molecule has 17 heavy (non-hydrogen) atoms. The lowest BCUT2D eigenvalue weighted by atomic mass is 10.2. The van der Waals surface area contributed by atoms with Gasteiger partial charge in [0.1, 0.15) is 0 Å². The van der Waals surface area contributed by atoms with Crippen molar-refractivity contribution in [2.24, 2.45) is 7.05 Å². The normalized spacial score (nSPS) is 10.7. The lowest BCUT2D eigenvalue weighted by Crippen LogP contribution is -2.06. The highest BCUT2D eigenvalue weighted by Gasteiger charge is 2.09. The van der Waals surface area contributed by atoms with Crippen LogP contribution in [0.15, 0.2) is 35.4 Å². The number of esters is 1. The molecule has 2 aromatic rings. The van der Waals surface area contributed by atoms with E-state index < -0.39 is 0 Å². The molecule has 3 nitrogen and oxygen atoms in total. The Morgan fingerprint density at radius 3 is 2.94 bits per heavy atom. The quantitative estimate of drug-likeness (QED) is 0.616. The van der Waals surface area contributed by atoms with E-state index in [1.54, 1.807) is 0 Å². The zero-order valence-corrected chi connectivity index (χ0v) is 10.8. The molecular weight excluding hydrogens is 234 g/mol. The average Bonchev–Trinajstić information content (AvgIpc) is 2.65. The standard InChI is InChI=1S/C13H15NO2S/c1-3-16-13(15)9-17-12-8-14(2)11-7-5-4-6-10(11)12/h4-8H,3,9H2,1-2H3. The first-order chi connectivity index (χ1) is 8.22. The summed E-state index contributed by atoms with van der Waals surface area (Å²) >= 11 is 1.52. The van der Waals surface area contributed by atoms with Crippen molar-refractivity contribution in [3.05, 3.63) is 30.5 Å². The van der Waals surface area contributed by atoms with Crippen LogP contribution in [0.5, 0.6) is 0 Å². The lowest BCUT2D eigenvalue weighted by molar-refractivity contribution is -0.139. The van der Waals surface area contributed by atoms with Gasteiger partial charge in [-0.2, -0.15) is 0 Å². The summed E-state index contributed by atoms with van der Waals surface area (Å²) in [6, 6.07) is 8.17. The Bertz CT molecular complexity index is 533. The number of fused-ring (bicyclic) bond motifs is 1. The number of hydrogen-bond donors (Lipinski definition) is 0. The number of rotatable bonds is 4. The highest BCUT2D eigenvalue weighted by Crippen LogP contribution is 2.29. The number of benzene rings is 1. The second-order valence-electron chi connectivity index (χ2n) is 3.72. The molecule has 0 fully saturated rings. The van der Waals surface area contributed by atoms with Gasteiger partial charge in [0.2, 0.25) is 0 Å². The van der Waals surface area contributed by atoms with E-state index >= 15 is 0 Å². The van der Waals surface area contributed by atoms with Gasteiger partial charge in [-0.05, 0) is 13.0 Å². The van der Waals surface area contributed by atoms with E-state index in [0.29, 0.717) is 12.4 Å². The minimum Gasteiger partial charge on any atom is -0.465 e. The second-order valence-corrected chi connectivity index (χ2v) is 4.73. The summed E-state index contributed by atoms with van der Waals surface area (Å²) in [5, 5.41) is 1.18. The number of aryl methyl sites for hydroxylation is 1. The van der Waals surface area contributed by atoms with E-state index in [0.717, 1.165) is 4.90 Å². The van der Waals surface area contributed by atoms with Crippen molar-refractivity contribution in [3.63, 3.8) is 0 Å². The van der Waals surface area contributed by atoms with E-state index in [-0.39, 0.29) is 5.97 Å². The fraction of sp³-hybridized carbons (Fsp3) is 0.308. The van der Waals surface area contributed by atoms with E-state index in [9.17, 15) is 4.79 Å². The molecule has 0 bridgehead atoms. The Morgan fingerprint density at radius 1 is 1.41 bits per heavy atom. The van der Waals surface area contributed by atoms with Crippen LogP contribution in [0.1, 0.15) is 6.92 Å². The molecule has 0 atom stereocenters. The number of para-hydroxylation sites is 1. The Balaban J connectivity index is 2.16. The van der Waals surface area contributed by atoms with Gasteiger partial charge in [0.15, 0.2) is 0 Å². The van der Waals surface area contributed by atoms with Crippen LogP contribution < -0.4 is 0 Å². The minimum absolute atomic E-state index is 0.162. The molecule has 90 valence electrons. The molecule has 0 N–H and O–H groups in total. The third-order valence-corrected chi connectivity index (χ3v) is 3.53. The molecule has 2 rings (SSSR count). The maximum absolute atomic E-state index is 11.3. The van der Waals surface area contributed by atoms with Crippen molar-refractivity contribution in [2.75, 3.05) is 12.4 Å². The molecule has 0 aliphatic rings. The first-order valence-electron chi connectivity index (χ1n) is 5.55. The Hall–Kier alpha value is -1.42. The average molecular weight is 249 g/mol. The summed E-state index contributed by atoms with van der Waals surface area (Å²) in [5.74, 6) is 0.201. The van der Waals surface area contributed by atoms with Gasteiger partial charge in [0, 0.05) is 29.0 Å². The predicted octanol–water partition coefficient (Wildman–Crippen LogP) is 2.83. The number of ether oxygens (including phenoxy) is 1. The van der Waals surface area contributed by atoms with Gasteiger partial charge < -0.3 is 9.30 Å². The first kappa shape index (κ1) is 12.0. The Labute approximate surface area is 105 Å². The summed E-state index contributed by atoms with van der Waals surface area (Å²) in [6.45, 7) is 2.26. The van der Waals surface area contributed by atoms with E-state index in [1.807, 2.05) is 26.1 Å². The fourth-order valence-electron chi connectivity index (χ4n) is 1.76. The topological polar surface area (TPSA) is 31.2 Å². The monoisotopic (exact) mass is 249 g/mol. The molecule has 1 aromatic heterocycles. The molecule has 1 aromatic carbocycles. The van der Waals surface area contributed by atoms with Crippen LogP contribution in [-0.2, 0) is 16.6 Å². The fourth-order valence-corrected chi connectivity index (χ4v) is 2.68. The molecule has 0 unspecified atom stereocenters. The van der Waals surface area contributed by atoms with Gasteiger partial charge in [-0.3, -0.25) is 4.79 Å². The molecule has 4 heteroatoms. The van der Waals surface area contributed by atoms with Crippen molar-refractivity contribution in [3.8, 4) is 0 Å². The second kappa shape index (κ2) is 5.27. The highest BCUT2D eigenvalue weighted by molar-refractivity contribution is 8.00. The maximum atomic E-state index is 11.3. The molecule has 0 radical (unpaired) electrons. The van der Waals surface area contributed by atoms with Crippen LogP contribution in [0.4, 0.5) is 0 Å². The van der Waals surface area contributed by atoms with Crippen LogP contribution in [0.3, 0.4) is 0 Å². The predicted molar refractivity (Wildman–Crippen MR) is 70.3 cm³/mol. The van der Waals surface area contributed by atoms with Gasteiger partial charge in [0.05, 0.1) is 12.4 Å². The van der Waals surface area contributed by atoms with E-state index in [2.05, 4.69) is 22.9 Å². The zero-order valence-electron chi connectivity index (χ0n) is 9.97. The number of carbonyl (C=O) groups is 1. The molecule has 1 heterocycles. The van der Waals surface area contributed by atoms with Crippen molar-refractivity contribution in [1.29, 1.82) is 0 Å². The third-order valence-electron chi connectivity index (χ3n) is 2.51. The Morgan fingerprint density at radius 2 is 2.18 bits per heavy atom. The van der Waals surface area contributed by atoms with Crippen molar-refractivity contribution in [1.82, 2.24) is 4.57 Å². The van der Waals surface area contributed by atoms with E-state index in [4.69, 9.17) is 4.74 Å². The van der Waals surface area contributed by atoms with Gasteiger partial charge in [-0.15, -0.1) is 11.8 Å².